The second-order valence-electron chi connectivity index (χ2n) is 10.0. The molecule has 1 heterocycles. The normalized spacial score (nSPS) is 17.2. The lowest BCUT2D eigenvalue weighted by atomic mass is 9.98. The third-order valence-corrected chi connectivity index (χ3v) is 7.08. The summed E-state index contributed by atoms with van der Waals surface area (Å²) in [4.78, 5) is 0. The number of hydrogen-bond acceptors (Lipinski definition) is 3. The lowest BCUT2D eigenvalue weighted by Crippen LogP contribution is -2.27. The van der Waals surface area contributed by atoms with E-state index < -0.39 is 23.7 Å². The van der Waals surface area contributed by atoms with E-state index >= 15 is 0 Å². The van der Waals surface area contributed by atoms with Gasteiger partial charge < -0.3 is 14.2 Å². The maximum atomic E-state index is 15.0. The van der Waals surface area contributed by atoms with Crippen molar-refractivity contribution in [3.63, 3.8) is 0 Å². The van der Waals surface area contributed by atoms with Crippen LogP contribution in [0.15, 0.2) is 67.3 Å². The van der Waals surface area contributed by atoms with Crippen LogP contribution in [0.2, 0.25) is 0 Å². The summed E-state index contributed by atoms with van der Waals surface area (Å²) in [6.45, 7) is 7.27. The van der Waals surface area contributed by atoms with Gasteiger partial charge >= 0.3 is 0 Å². The van der Waals surface area contributed by atoms with Crippen molar-refractivity contribution in [1.29, 1.82) is 0 Å². The summed E-state index contributed by atoms with van der Waals surface area (Å²) >= 11 is 0. The quantitative estimate of drug-likeness (QED) is 0.160. The third kappa shape index (κ3) is 7.52. The molecule has 1 fully saturated rings. The predicted molar refractivity (Wildman–Crippen MR) is 149 cm³/mol. The molecule has 1 aliphatic rings. The minimum absolute atomic E-state index is 0.0721. The molecule has 0 amide bonds. The largest absolute Gasteiger partial charge is 0.490 e. The van der Waals surface area contributed by atoms with Crippen molar-refractivity contribution in [2.24, 2.45) is 5.92 Å². The Morgan fingerprint density at radius 2 is 1.54 bits per heavy atom. The molecule has 0 spiro atoms. The molecular weight excluding hydrogens is 501 g/mol. The minimum atomic E-state index is -0.984. The van der Waals surface area contributed by atoms with Gasteiger partial charge in [0, 0.05) is 17.0 Å². The molecule has 0 radical (unpaired) electrons. The molecule has 0 atom stereocenters. The maximum absolute atomic E-state index is 15.0. The fourth-order valence-electron chi connectivity index (χ4n) is 4.74. The van der Waals surface area contributed by atoms with Gasteiger partial charge in [0.15, 0.2) is 17.9 Å². The highest BCUT2D eigenvalue weighted by Gasteiger charge is 2.25. The minimum Gasteiger partial charge on any atom is -0.490 e. The Morgan fingerprint density at radius 1 is 0.846 bits per heavy atom. The Balaban J connectivity index is 1.39. The Labute approximate surface area is 229 Å². The summed E-state index contributed by atoms with van der Waals surface area (Å²) in [5, 5.41) is 0. The van der Waals surface area contributed by atoms with Crippen LogP contribution in [-0.4, -0.2) is 19.8 Å². The zero-order chi connectivity index (χ0) is 27.6. The van der Waals surface area contributed by atoms with E-state index in [4.69, 9.17) is 14.2 Å². The highest BCUT2D eigenvalue weighted by Crippen LogP contribution is 2.34. The zero-order valence-electron chi connectivity index (χ0n) is 22.6. The number of rotatable bonds is 13. The summed E-state index contributed by atoms with van der Waals surface area (Å²) in [5.74, 6) is -2.14. The maximum Gasteiger partial charge on any atom is 0.201 e. The number of unbranched alkanes of at least 4 members (excludes halogenated alkanes) is 4. The molecule has 6 heteroatoms. The van der Waals surface area contributed by atoms with E-state index in [2.05, 4.69) is 13.5 Å². The van der Waals surface area contributed by atoms with E-state index in [1.165, 1.54) is 24.6 Å². The van der Waals surface area contributed by atoms with Gasteiger partial charge in [-0.3, -0.25) is 0 Å². The number of hydrogen-bond donors (Lipinski definition) is 0. The standard InChI is InChI=1S/C33H37F3O3/c1-3-5-7-8-9-19-37-30-18-17-27(31(35)32(30)36)25-13-11-24(12-14-25)26-15-16-28(29(34)20-26)33-38-21-23(22-39-33)10-6-4-2/h4,11-18,20,23,33H,2-3,5-10,19,21-22H2,1H3. The Hall–Kier alpha value is -3.09. The van der Waals surface area contributed by atoms with Crippen LogP contribution < -0.4 is 4.74 Å². The highest BCUT2D eigenvalue weighted by atomic mass is 19.2. The van der Waals surface area contributed by atoms with E-state index in [-0.39, 0.29) is 17.2 Å². The number of allylic oxidation sites excluding steroid dienone is 1. The average Bonchev–Trinajstić information content (AvgIpc) is 2.96. The second kappa shape index (κ2) is 14.3. The molecule has 3 nitrogen and oxygen atoms in total. The molecular formula is C33H37F3O3. The Bertz CT molecular complexity index is 1220. The molecule has 208 valence electrons. The summed E-state index contributed by atoms with van der Waals surface area (Å²) in [7, 11) is 0. The van der Waals surface area contributed by atoms with Gasteiger partial charge in [-0.1, -0.05) is 75.1 Å². The zero-order valence-corrected chi connectivity index (χ0v) is 22.6. The fourth-order valence-corrected chi connectivity index (χ4v) is 4.74. The van der Waals surface area contributed by atoms with Crippen LogP contribution in [0.3, 0.4) is 0 Å². The first kappa shape index (κ1) is 28.9. The summed E-state index contributed by atoms with van der Waals surface area (Å²) in [6.07, 6.45) is 8.21. The molecule has 4 rings (SSSR count). The van der Waals surface area contributed by atoms with Crippen LogP contribution in [0.1, 0.15) is 63.7 Å². The van der Waals surface area contributed by atoms with Crippen LogP contribution in [-0.2, 0) is 9.47 Å². The molecule has 0 saturated carbocycles. The van der Waals surface area contributed by atoms with Crippen molar-refractivity contribution in [3.8, 4) is 28.0 Å². The molecule has 0 aromatic heterocycles. The number of ether oxygens (including phenoxy) is 3. The lowest BCUT2D eigenvalue weighted by molar-refractivity contribution is -0.207. The van der Waals surface area contributed by atoms with Crippen LogP contribution in [0.5, 0.6) is 5.75 Å². The van der Waals surface area contributed by atoms with Crippen molar-refractivity contribution >= 4 is 0 Å². The number of benzene rings is 3. The van der Waals surface area contributed by atoms with Crippen molar-refractivity contribution in [2.45, 2.75) is 58.2 Å². The topological polar surface area (TPSA) is 27.7 Å². The molecule has 0 aliphatic carbocycles. The second-order valence-corrected chi connectivity index (χ2v) is 10.0. The Kier molecular flexibility index (Phi) is 10.6. The van der Waals surface area contributed by atoms with Gasteiger partial charge in [-0.25, -0.2) is 8.78 Å². The van der Waals surface area contributed by atoms with Crippen LogP contribution in [0, 0.1) is 23.4 Å². The number of halogens is 3. The van der Waals surface area contributed by atoms with Crippen LogP contribution >= 0.6 is 0 Å². The van der Waals surface area contributed by atoms with Gasteiger partial charge in [0.25, 0.3) is 0 Å². The SMILES string of the molecule is C=CCCC1COC(c2ccc(-c3ccc(-c4ccc(OCCCCCCC)c(F)c4F)cc3)cc2F)OC1. The van der Waals surface area contributed by atoms with E-state index in [0.29, 0.717) is 36.5 Å². The summed E-state index contributed by atoms with van der Waals surface area (Å²) in [6, 6.07) is 14.8. The third-order valence-electron chi connectivity index (χ3n) is 7.08. The van der Waals surface area contributed by atoms with Crippen LogP contribution in [0.4, 0.5) is 13.2 Å². The first-order valence-corrected chi connectivity index (χ1v) is 13.9. The molecule has 1 saturated heterocycles. The molecule has 0 N–H and O–H groups in total. The van der Waals surface area contributed by atoms with E-state index in [0.717, 1.165) is 44.1 Å². The smallest absolute Gasteiger partial charge is 0.201 e. The predicted octanol–water partition coefficient (Wildman–Crippen LogP) is 9.41. The van der Waals surface area contributed by atoms with Gasteiger partial charge in [-0.2, -0.15) is 4.39 Å². The summed E-state index contributed by atoms with van der Waals surface area (Å²) < 4.78 is 61.5. The molecule has 39 heavy (non-hydrogen) atoms. The lowest BCUT2D eigenvalue weighted by Gasteiger charge is -2.29. The first-order chi connectivity index (χ1) is 19.0. The van der Waals surface area contributed by atoms with Crippen molar-refractivity contribution in [3.05, 3.63) is 90.3 Å². The van der Waals surface area contributed by atoms with E-state index in [9.17, 15) is 13.2 Å². The van der Waals surface area contributed by atoms with Gasteiger partial charge in [-0.15, -0.1) is 6.58 Å². The van der Waals surface area contributed by atoms with Gasteiger partial charge in [-0.05, 0) is 54.2 Å². The Morgan fingerprint density at radius 3 is 2.23 bits per heavy atom. The van der Waals surface area contributed by atoms with Gasteiger partial charge in [0.05, 0.1) is 19.8 Å². The summed E-state index contributed by atoms with van der Waals surface area (Å²) in [5.41, 5.74) is 2.44. The monoisotopic (exact) mass is 538 g/mol. The van der Waals surface area contributed by atoms with Crippen molar-refractivity contribution in [1.82, 2.24) is 0 Å². The average molecular weight is 539 g/mol. The van der Waals surface area contributed by atoms with Crippen molar-refractivity contribution in [2.75, 3.05) is 19.8 Å². The molecule has 3 aromatic carbocycles. The van der Waals surface area contributed by atoms with Gasteiger partial charge in [0.2, 0.25) is 5.82 Å². The highest BCUT2D eigenvalue weighted by molar-refractivity contribution is 5.71. The van der Waals surface area contributed by atoms with E-state index in [1.807, 2.05) is 6.08 Å². The van der Waals surface area contributed by atoms with Crippen molar-refractivity contribution < 1.29 is 27.4 Å². The molecule has 0 bridgehead atoms. The first-order valence-electron chi connectivity index (χ1n) is 13.9. The van der Waals surface area contributed by atoms with E-state index in [1.54, 1.807) is 36.4 Å². The fraction of sp³-hybridized carbons (Fsp3) is 0.394. The molecule has 0 unspecified atom stereocenters. The van der Waals surface area contributed by atoms with Gasteiger partial charge in [0.1, 0.15) is 5.82 Å². The molecule has 3 aromatic rings. The van der Waals surface area contributed by atoms with Crippen LogP contribution in [0.25, 0.3) is 22.3 Å². The molecule has 1 aliphatic heterocycles.